The molecule has 0 aliphatic heterocycles. The predicted molar refractivity (Wildman–Crippen MR) is 51.2 cm³/mol. The van der Waals surface area contributed by atoms with Crippen molar-refractivity contribution in [2.45, 2.75) is 57.6 Å². The van der Waals surface area contributed by atoms with Gasteiger partial charge in [0.25, 0.3) is 0 Å². The van der Waals surface area contributed by atoms with Crippen molar-refractivity contribution >= 4 is 5.97 Å². The van der Waals surface area contributed by atoms with E-state index in [1.54, 1.807) is 6.92 Å². The smallest absolute Gasteiger partial charge is 0.326 e. The molecule has 0 heterocycles. The van der Waals surface area contributed by atoms with Gasteiger partial charge in [-0.3, -0.25) is 4.79 Å². The van der Waals surface area contributed by atoms with Crippen LogP contribution in [0.25, 0.3) is 0 Å². The lowest BCUT2D eigenvalue weighted by Gasteiger charge is -2.23. The number of hydrogen-bond donors (Lipinski definition) is 1. The van der Waals surface area contributed by atoms with E-state index in [4.69, 9.17) is 10.5 Å². The maximum absolute atomic E-state index is 11.5. The van der Waals surface area contributed by atoms with Gasteiger partial charge < -0.3 is 10.5 Å². The van der Waals surface area contributed by atoms with Crippen LogP contribution in [0, 0.1) is 0 Å². The maximum Gasteiger partial charge on any atom is 0.326 e. The number of nitrogens with two attached hydrogens (primary N) is 1. The molecule has 0 aromatic carbocycles. The molecule has 0 amide bonds. The molecule has 0 radical (unpaired) electrons. The first-order chi connectivity index (χ1) is 6.06. The maximum atomic E-state index is 11.5. The van der Waals surface area contributed by atoms with E-state index < -0.39 is 5.54 Å². The summed E-state index contributed by atoms with van der Waals surface area (Å²) in [6.45, 7) is 3.63. The Hall–Kier alpha value is -0.570. The lowest BCUT2D eigenvalue weighted by molar-refractivity contribution is -0.154. The van der Waals surface area contributed by atoms with Crippen LogP contribution >= 0.6 is 0 Å². The Morgan fingerprint density at radius 1 is 1.54 bits per heavy atom. The Morgan fingerprint density at radius 3 is 2.54 bits per heavy atom. The highest BCUT2D eigenvalue weighted by atomic mass is 16.5. The van der Waals surface area contributed by atoms with E-state index in [0.717, 1.165) is 12.8 Å². The Kier molecular flexibility index (Phi) is 3.31. The third-order valence-corrected chi connectivity index (χ3v) is 2.78. The molecule has 1 unspecified atom stereocenters. The number of hydrogen-bond acceptors (Lipinski definition) is 3. The van der Waals surface area contributed by atoms with Crippen molar-refractivity contribution in [3.63, 3.8) is 0 Å². The topological polar surface area (TPSA) is 52.3 Å². The van der Waals surface area contributed by atoms with Gasteiger partial charge in [0.15, 0.2) is 0 Å². The second kappa shape index (κ2) is 4.09. The van der Waals surface area contributed by atoms with Crippen molar-refractivity contribution in [1.82, 2.24) is 0 Å². The standard InChI is InChI=1S/C10H19NO2/c1-3-10(2,11)9(12)13-8-6-4-5-7-8/h8H,3-7,11H2,1-2H3. The molecule has 2 N–H and O–H groups in total. The van der Waals surface area contributed by atoms with Gasteiger partial charge in [0.05, 0.1) is 0 Å². The van der Waals surface area contributed by atoms with Gasteiger partial charge in [0.2, 0.25) is 0 Å². The summed E-state index contributed by atoms with van der Waals surface area (Å²) in [5.74, 6) is -0.248. The number of esters is 1. The average molecular weight is 185 g/mol. The number of carbonyl (C=O) groups is 1. The Balaban J connectivity index is 2.39. The van der Waals surface area contributed by atoms with E-state index in [1.807, 2.05) is 6.92 Å². The molecule has 1 saturated carbocycles. The number of ether oxygens (including phenoxy) is 1. The molecule has 1 aliphatic carbocycles. The van der Waals surface area contributed by atoms with Crippen molar-refractivity contribution < 1.29 is 9.53 Å². The molecular formula is C10H19NO2. The summed E-state index contributed by atoms with van der Waals surface area (Å²) < 4.78 is 5.30. The Labute approximate surface area is 79.6 Å². The minimum Gasteiger partial charge on any atom is -0.461 e. The lowest BCUT2D eigenvalue weighted by Crippen LogP contribution is -2.46. The average Bonchev–Trinajstić information content (AvgIpc) is 2.57. The van der Waals surface area contributed by atoms with Gasteiger partial charge >= 0.3 is 5.97 Å². The highest BCUT2D eigenvalue weighted by molar-refractivity contribution is 5.80. The molecule has 13 heavy (non-hydrogen) atoms. The summed E-state index contributed by atoms with van der Waals surface area (Å²) in [6.07, 6.45) is 5.11. The van der Waals surface area contributed by atoms with Crippen LogP contribution in [0.15, 0.2) is 0 Å². The molecular weight excluding hydrogens is 166 g/mol. The fourth-order valence-corrected chi connectivity index (χ4v) is 1.44. The van der Waals surface area contributed by atoms with E-state index in [0.29, 0.717) is 6.42 Å². The molecule has 0 spiro atoms. The normalized spacial score (nSPS) is 22.7. The first-order valence-corrected chi connectivity index (χ1v) is 5.06. The zero-order valence-corrected chi connectivity index (χ0v) is 8.51. The Morgan fingerprint density at radius 2 is 2.08 bits per heavy atom. The van der Waals surface area contributed by atoms with Crippen LogP contribution in [0.5, 0.6) is 0 Å². The molecule has 1 fully saturated rings. The van der Waals surface area contributed by atoms with Gasteiger partial charge in [0, 0.05) is 0 Å². The van der Waals surface area contributed by atoms with Crippen molar-refractivity contribution in [2.24, 2.45) is 5.73 Å². The predicted octanol–water partition coefficient (Wildman–Crippen LogP) is 1.60. The minimum absolute atomic E-state index is 0.127. The van der Waals surface area contributed by atoms with Gasteiger partial charge in [-0.05, 0) is 39.0 Å². The monoisotopic (exact) mass is 185 g/mol. The number of rotatable bonds is 3. The van der Waals surface area contributed by atoms with E-state index in [-0.39, 0.29) is 12.1 Å². The molecule has 0 bridgehead atoms. The summed E-state index contributed by atoms with van der Waals surface area (Å²) in [4.78, 5) is 11.5. The molecule has 3 heteroatoms. The molecule has 3 nitrogen and oxygen atoms in total. The summed E-state index contributed by atoms with van der Waals surface area (Å²) in [5, 5.41) is 0. The molecule has 76 valence electrons. The first-order valence-electron chi connectivity index (χ1n) is 5.06. The van der Waals surface area contributed by atoms with E-state index >= 15 is 0 Å². The SMILES string of the molecule is CCC(C)(N)C(=O)OC1CCCC1. The summed E-state index contributed by atoms with van der Waals surface area (Å²) in [6, 6.07) is 0. The van der Waals surface area contributed by atoms with E-state index in [9.17, 15) is 4.79 Å². The van der Waals surface area contributed by atoms with Crippen LogP contribution in [0.4, 0.5) is 0 Å². The van der Waals surface area contributed by atoms with Gasteiger partial charge in [-0.1, -0.05) is 6.92 Å². The third-order valence-electron chi connectivity index (χ3n) is 2.78. The summed E-state index contributed by atoms with van der Waals surface area (Å²) >= 11 is 0. The van der Waals surface area contributed by atoms with E-state index in [2.05, 4.69) is 0 Å². The fraction of sp³-hybridized carbons (Fsp3) is 0.900. The van der Waals surface area contributed by atoms with Crippen molar-refractivity contribution in [3.05, 3.63) is 0 Å². The molecule has 1 aliphatic rings. The van der Waals surface area contributed by atoms with Crippen LogP contribution in [0.1, 0.15) is 46.0 Å². The van der Waals surface area contributed by atoms with Gasteiger partial charge in [-0.15, -0.1) is 0 Å². The molecule has 1 rings (SSSR count). The third kappa shape index (κ3) is 2.69. The zero-order chi connectivity index (χ0) is 9.90. The van der Waals surface area contributed by atoms with Gasteiger partial charge in [-0.25, -0.2) is 0 Å². The highest BCUT2D eigenvalue weighted by Gasteiger charge is 2.30. The van der Waals surface area contributed by atoms with Crippen LogP contribution in [-0.4, -0.2) is 17.6 Å². The van der Waals surface area contributed by atoms with Gasteiger partial charge in [0.1, 0.15) is 11.6 Å². The van der Waals surface area contributed by atoms with Gasteiger partial charge in [-0.2, -0.15) is 0 Å². The molecule has 0 saturated heterocycles. The molecule has 1 atom stereocenters. The van der Waals surface area contributed by atoms with E-state index in [1.165, 1.54) is 12.8 Å². The first kappa shape index (κ1) is 10.5. The largest absolute Gasteiger partial charge is 0.461 e. The number of carbonyl (C=O) groups excluding carboxylic acids is 1. The Bertz CT molecular complexity index is 183. The quantitative estimate of drug-likeness (QED) is 0.679. The highest BCUT2D eigenvalue weighted by Crippen LogP contribution is 2.22. The van der Waals surface area contributed by atoms with Crippen LogP contribution in [-0.2, 0) is 9.53 Å². The van der Waals surface area contributed by atoms with Crippen molar-refractivity contribution in [2.75, 3.05) is 0 Å². The lowest BCUT2D eigenvalue weighted by atomic mass is 10.0. The minimum atomic E-state index is -0.803. The summed E-state index contributed by atoms with van der Waals surface area (Å²) in [7, 11) is 0. The van der Waals surface area contributed by atoms with Crippen molar-refractivity contribution in [1.29, 1.82) is 0 Å². The molecule has 0 aromatic heterocycles. The molecule has 0 aromatic rings. The second-order valence-electron chi connectivity index (χ2n) is 4.08. The fourth-order valence-electron chi connectivity index (χ4n) is 1.44. The van der Waals surface area contributed by atoms with Crippen LogP contribution in [0.2, 0.25) is 0 Å². The van der Waals surface area contributed by atoms with Crippen LogP contribution in [0.3, 0.4) is 0 Å². The van der Waals surface area contributed by atoms with Crippen LogP contribution < -0.4 is 5.73 Å². The zero-order valence-electron chi connectivity index (χ0n) is 8.51. The van der Waals surface area contributed by atoms with Crippen molar-refractivity contribution in [3.8, 4) is 0 Å². The summed E-state index contributed by atoms with van der Waals surface area (Å²) in [5.41, 5.74) is 4.96. The second-order valence-corrected chi connectivity index (χ2v) is 4.08.